The molecule has 2 rings (SSSR count). The van der Waals surface area contributed by atoms with Gasteiger partial charge in [-0.15, -0.1) is 0 Å². The highest BCUT2D eigenvalue weighted by Crippen LogP contribution is 2.21. The number of carbonyl (C=O) groups is 1. The summed E-state index contributed by atoms with van der Waals surface area (Å²) in [5.41, 5.74) is 1.61. The van der Waals surface area contributed by atoms with E-state index in [1.807, 2.05) is 6.92 Å². The van der Waals surface area contributed by atoms with E-state index >= 15 is 0 Å². The fourth-order valence-corrected chi connectivity index (χ4v) is 2.72. The number of aromatic nitrogens is 1. The standard InChI is InChI=1S/C15H24N2O2/c1-3-7-12-15(13(18)4-2)14(19-17-12)10-11-8-5-6-9-16-11/h11,16H,3-10H2,1-2H3. The van der Waals surface area contributed by atoms with E-state index in [-0.39, 0.29) is 5.78 Å². The monoisotopic (exact) mass is 264 g/mol. The fraction of sp³-hybridized carbons (Fsp3) is 0.733. The third kappa shape index (κ3) is 3.44. The summed E-state index contributed by atoms with van der Waals surface area (Å²) in [6.07, 6.45) is 6.77. The number of Topliss-reactive ketones (excluding diaryl/α,β-unsaturated/α-hetero) is 1. The van der Waals surface area contributed by atoms with Gasteiger partial charge in [-0.1, -0.05) is 31.8 Å². The molecular formula is C15H24N2O2. The normalized spacial score (nSPS) is 19.6. The van der Waals surface area contributed by atoms with Gasteiger partial charge in [-0.3, -0.25) is 4.79 Å². The maximum absolute atomic E-state index is 12.1. The molecule has 0 amide bonds. The third-order valence-corrected chi connectivity index (χ3v) is 3.76. The topological polar surface area (TPSA) is 55.1 Å². The van der Waals surface area contributed by atoms with Crippen molar-refractivity contribution < 1.29 is 9.32 Å². The first-order valence-corrected chi connectivity index (χ1v) is 7.50. The third-order valence-electron chi connectivity index (χ3n) is 3.76. The zero-order valence-corrected chi connectivity index (χ0v) is 12.0. The van der Waals surface area contributed by atoms with Crippen molar-refractivity contribution in [1.29, 1.82) is 0 Å². The molecule has 0 bridgehead atoms. The maximum atomic E-state index is 12.1. The Morgan fingerprint density at radius 2 is 2.26 bits per heavy atom. The van der Waals surface area contributed by atoms with Crippen LogP contribution in [0.2, 0.25) is 0 Å². The Morgan fingerprint density at radius 3 is 2.89 bits per heavy atom. The number of aryl methyl sites for hydroxylation is 1. The van der Waals surface area contributed by atoms with Crippen LogP contribution in [0.25, 0.3) is 0 Å². The summed E-state index contributed by atoms with van der Waals surface area (Å²) in [4.78, 5) is 12.1. The van der Waals surface area contributed by atoms with Crippen LogP contribution < -0.4 is 5.32 Å². The van der Waals surface area contributed by atoms with Gasteiger partial charge in [0, 0.05) is 18.9 Å². The first-order valence-electron chi connectivity index (χ1n) is 7.50. The van der Waals surface area contributed by atoms with E-state index in [9.17, 15) is 4.79 Å². The SMILES string of the molecule is CCCc1noc(CC2CCCCN2)c1C(=O)CC. The molecule has 0 aliphatic carbocycles. The van der Waals surface area contributed by atoms with Crippen molar-refractivity contribution in [2.24, 2.45) is 0 Å². The highest BCUT2D eigenvalue weighted by atomic mass is 16.5. The van der Waals surface area contributed by atoms with Crippen LogP contribution >= 0.6 is 0 Å². The van der Waals surface area contributed by atoms with Crippen molar-refractivity contribution in [3.8, 4) is 0 Å². The molecule has 19 heavy (non-hydrogen) atoms. The van der Waals surface area contributed by atoms with Gasteiger partial charge in [0.05, 0.1) is 11.3 Å². The molecule has 0 aromatic carbocycles. The van der Waals surface area contributed by atoms with E-state index in [0.717, 1.165) is 49.2 Å². The van der Waals surface area contributed by atoms with Crippen molar-refractivity contribution >= 4 is 5.78 Å². The molecule has 1 aliphatic rings. The van der Waals surface area contributed by atoms with Crippen LogP contribution in [0.4, 0.5) is 0 Å². The number of nitrogens with one attached hydrogen (secondary N) is 1. The molecule has 0 spiro atoms. The van der Waals surface area contributed by atoms with Crippen LogP contribution in [0.5, 0.6) is 0 Å². The molecule has 1 N–H and O–H groups in total. The summed E-state index contributed by atoms with van der Waals surface area (Å²) in [6, 6.07) is 0.430. The second-order valence-electron chi connectivity index (χ2n) is 5.31. The van der Waals surface area contributed by atoms with Gasteiger partial charge in [0.1, 0.15) is 5.76 Å². The number of hydrogen-bond donors (Lipinski definition) is 1. The summed E-state index contributed by atoms with van der Waals surface area (Å²) >= 11 is 0. The largest absolute Gasteiger partial charge is 0.360 e. The molecule has 0 radical (unpaired) electrons. The summed E-state index contributed by atoms with van der Waals surface area (Å²) in [7, 11) is 0. The molecule has 4 nitrogen and oxygen atoms in total. The predicted octanol–water partition coefficient (Wildman–Crippen LogP) is 2.90. The maximum Gasteiger partial charge on any atom is 0.168 e. The second-order valence-corrected chi connectivity index (χ2v) is 5.31. The molecule has 1 saturated heterocycles. The van der Waals surface area contributed by atoms with E-state index in [4.69, 9.17) is 4.52 Å². The van der Waals surface area contributed by atoms with Gasteiger partial charge >= 0.3 is 0 Å². The first-order chi connectivity index (χ1) is 9.26. The van der Waals surface area contributed by atoms with Crippen molar-refractivity contribution in [3.05, 3.63) is 17.0 Å². The van der Waals surface area contributed by atoms with Gasteiger partial charge < -0.3 is 9.84 Å². The molecule has 1 aromatic rings. The number of piperidine rings is 1. The van der Waals surface area contributed by atoms with Crippen molar-refractivity contribution in [3.63, 3.8) is 0 Å². The molecule has 0 saturated carbocycles. The molecule has 1 atom stereocenters. The Hall–Kier alpha value is -1.16. The van der Waals surface area contributed by atoms with Crippen molar-refractivity contribution in [2.75, 3.05) is 6.54 Å². The minimum absolute atomic E-state index is 0.163. The lowest BCUT2D eigenvalue weighted by Gasteiger charge is -2.22. The predicted molar refractivity (Wildman–Crippen MR) is 74.5 cm³/mol. The Labute approximate surface area is 114 Å². The number of ketones is 1. The van der Waals surface area contributed by atoms with Gasteiger partial charge in [0.2, 0.25) is 0 Å². The van der Waals surface area contributed by atoms with E-state index < -0.39 is 0 Å². The molecule has 106 valence electrons. The van der Waals surface area contributed by atoms with Gasteiger partial charge in [0.25, 0.3) is 0 Å². The van der Waals surface area contributed by atoms with Crippen molar-refractivity contribution in [2.45, 2.75) is 64.8 Å². The average molecular weight is 264 g/mol. The summed E-state index contributed by atoms with van der Waals surface area (Å²) in [6.45, 7) is 5.06. The number of nitrogens with zero attached hydrogens (tertiary/aromatic N) is 1. The highest BCUT2D eigenvalue weighted by Gasteiger charge is 2.24. The van der Waals surface area contributed by atoms with Gasteiger partial charge in [-0.05, 0) is 25.8 Å². The molecule has 1 fully saturated rings. The first kappa shape index (κ1) is 14.3. The molecule has 1 unspecified atom stereocenters. The summed E-state index contributed by atoms with van der Waals surface area (Å²) in [5.74, 6) is 0.949. The molecule has 2 heterocycles. The van der Waals surface area contributed by atoms with Crippen LogP contribution in [-0.2, 0) is 12.8 Å². The van der Waals surface area contributed by atoms with Gasteiger partial charge in [-0.25, -0.2) is 0 Å². The molecule has 4 heteroatoms. The molecule has 1 aliphatic heterocycles. The van der Waals surface area contributed by atoms with Crippen molar-refractivity contribution in [1.82, 2.24) is 10.5 Å². The lowest BCUT2D eigenvalue weighted by atomic mass is 9.96. The minimum atomic E-state index is 0.163. The molecule has 1 aromatic heterocycles. The minimum Gasteiger partial charge on any atom is -0.360 e. The lowest BCUT2D eigenvalue weighted by Crippen LogP contribution is -2.35. The van der Waals surface area contributed by atoms with Crippen LogP contribution in [0.15, 0.2) is 4.52 Å². The highest BCUT2D eigenvalue weighted by molar-refractivity contribution is 5.97. The van der Waals surface area contributed by atoms with Crippen LogP contribution in [-0.4, -0.2) is 23.5 Å². The Balaban J connectivity index is 2.16. The number of rotatable bonds is 6. The summed E-state index contributed by atoms with van der Waals surface area (Å²) < 4.78 is 5.46. The number of hydrogen-bond acceptors (Lipinski definition) is 4. The average Bonchev–Trinajstić information content (AvgIpc) is 2.82. The van der Waals surface area contributed by atoms with E-state index in [0.29, 0.717) is 12.5 Å². The van der Waals surface area contributed by atoms with E-state index in [1.165, 1.54) is 12.8 Å². The molecular weight excluding hydrogens is 240 g/mol. The Kier molecular flexibility index (Phi) is 5.14. The summed E-state index contributed by atoms with van der Waals surface area (Å²) in [5, 5.41) is 7.61. The zero-order chi connectivity index (χ0) is 13.7. The number of carbonyl (C=O) groups excluding carboxylic acids is 1. The van der Waals surface area contributed by atoms with Crippen LogP contribution in [0.1, 0.15) is 67.8 Å². The Bertz CT molecular complexity index is 420. The second kappa shape index (κ2) is 6.85. The lowest BCUT2D eigenvalue weighted by molar-refractivity contribution is 0.0985. The smallest absolute Gasteiger partial charge is 0.168 e. The van der Waals surface area contributed by atoms with Gasteiger partial charge in [-0.2, -0.15) is 0 Å². The van der Waals surface area contributed by atoms with E-state index in [2.05, 4.69) is 17.4 Å². The fourth-order valence-electron chi connectivity index (χ4n) is 2.72. The van der Waals surface area contributed by atoms with Gasteiger partial charge in [0.15, 0.2) is 5.78 Å². The van der Waals surface area contributed by atoms with Crippen LogP contribution in [0, 0.1) is 0 Å². The zero-order valence-electron chi connectivity index (χ0n) is 12.0. The van der Waals surface area contributed by atoms with Crippen LogP contribution in [0.3, 0.4) is 0 Å². The van der Waals surface area contributed by atoms with E-state index in [1.54, 1.807) is 0 Å². The quantitative estimate of drug-likeness (QED) is 0.803. The Morgan fingerprint density at radius 1 is 1.42 bits per heavy atom.